The third kappa shape index (κ3) is 4.13. The summed E-state index contributed by atoms with van der Waals surface area (Å²) in [5.74, 6) is 1.43. The maximum Gasteiger partial charge on any atom is 0.134 e. The number of ether oxygens (including phenoxy) is 1. The van der Waals surface area contributed by atoms with Crippen molar-refractivity contribution in [3.63, 3.8) is 0 Å². The van der Waals surface area contributed by atoms with E-state index in [1.54, 1.807) is 7.11 Å². The van der Waals surface area contributed by atoms with E-state index in [0.29, 0.717) is 16.8 Å². The Bertz CT molecular complexity index is 819. The molecule has 0 amide bonds. The van der Waals surface area contributed by atoms with Crippen molar-refractivity contribution < 1.29 is 9.84 Å². The SMILES string of the molecule is COc1ccc(C2=N[C@H](C(C)C)N[C@@H](c3cc(Br)cc(Br)c3O)C2)cc1. The minimum Gasteiger partial charge on any atom is -0.506 e. The Kier molecular flexibility index (Phi) is 6.05. The molecule has 6 heteroatoms. The number of aromatic hydroxyl groups is 1. The van der Waals surface area contributed by atoms with Gasteiger partial charge in [-0.15, -0.1) is 0 Å². The van der Waals surface area contributed by atoms with E-state index in [1.807, 2.05) is 36.4 Å². The number of nitrogens with zero attached hydrogens (tertiary/aromatic N) is 1. The molecular formula is C20H22Br2N2O2. The lowest BCUT2D eigenvalue weighted by Gasteiger charge is -2.32. The van der Waals surface area contributed by atoms with Gasteiger partial charge in [0.25, 0.3) is 0 Å². The van der Waals surface area contributed by atoms with Crippen LogP contribution in [0.1, 0.15) is 37.4 Å². The summed E-state index contributed by atoms with van der Waals surface area (Å²) >= 11 is 6.95. The molecule has 0 fully saturated rings. The van der Waals surface area contributed by atoms with Crippen LogP contribution in [0.25, 0.3) is 0 Å². The summed E-state index contributed by atoms with van der Waals surface area (Å²) < 4.78 is 6.86. The molecule has 4 nitrogen and oxygen atoms in total. The van der Waals surface area contributed by atoms with Gasteiger partial charge in [-0.05, 0) is 63.8 Å². The van der Waals surface area contributed by atoms with Gasteiger partial charge in [-0.2, -0.15) is 0 Å². The van der Waals surface area contributed by atoms with E-state index in [4.69, 9.17) is 9.73 Å². The van der Waals surface area contributed by atoms with Crippen molar-refractivity contribution in [1.29, 1.82) is 0 Å². The van der Waals surface area contributed by atoms with E-state index in [-0.39, 0.29) is 18.0 Å². The van der Waals surface area contributed by atoms with E-state index >= 15 is 0 Å². The van der Waals surface area contributed by atoms with Crippen LogP contribution in [0.2, 0.25) is 0 Å². The number of halogens is 2. The molecule has 1 heterocycles. The largest absolute Gasteiger partial charge is 0.506 e. The van der Waals surface area contributed by atoms with Crippen LogP contribution in [0.5, 0.6) is 11.5 Å². The maximum atomic E-state index is 10.6. The van der Waals surface area contributed by atoms with E-state index in [0.717, 1.165) is 27.1 Å². The van der Waals surface area contributed by atoms with Crippen molar-refractivity contribution in [2.24, 2.45) is 10.9 Å². The molecular weight excluding hydrogens is 460 g/mol. The zero-order valence-electron chi connectivity index (χ0n) is 15.0. The molecule has 0 unspecified atom stereocenters. The first-order valence-electron chi connectivity index (χ1n) is 8.54. The molecule has 2 aromatic rings. The molecule has 1 aliphatic rings. The minimum absolute atomic E-state index is 0.0111. The summed E-state index contributed by atoms with van der Waals surface area (Å²) in [6, 6.07) is 11.8. The molecule has 0 aliphatic carbocycles. The quantitative estimate of drug-likeness (QED) is 0.611. The van der Waals surface area contributed by atoms with E-state index < -0.39 is 0 Å². The summed E-state index contributed by atoms with van der Waals surface area (Å²) in [7, 11) is 1.66. The Morgan fingerprint density at radius 1 is 1.19 bits per heavy atom. The first-order chi connectivity index (χ1) is 12.4. The van der Waals surface area contributed by atoms with Crippen molar-refractivity contribution in [2.45, 2.75) is 32.5 Å². The number of hydrogen-bond acceptors (Lipinski definition) is 4. The van der Waals surface area contributed by atoms with Gasteiger partial charge in [-0.25, -0.2) is 0 Å². The topological polar surface area (TPSA) is 53.8 Å². The molecule has 0 bridgehead atoms. The van der Waals surface area contributed by atoms with Crippen LogP contribution >= 0.6 is 31.9 Å². The van der Waals surface area contributed by atoms with Crippen molar-refractivity contribution in [2.75, 3.05) is 7.11 Å². The van der Waals surface area contributed by atoms with Crippen molar-refractivity contribution in [1.82, 2.24) is 5.32 Å². The monoisotopic (exact) mass is 480 g/mol. The second kappa shape index (κ2) is 8.11. The van der Waals surface area contributed by atoms with Crippen LogP contribution < -0.4 is 10.1 Å². The lowest BCUT2D eigenvalue weighted by molar-refractivity contribution is 0.345. The van der Waals surface area contributed by atoms with Crippen LogP contribution in [-0.2, 0) is 0 Å². The van der Waals surface area contributed by atoms with Gasteiger partial charge in [-0.3, -0.25) is 10.3 Å². The normalized spacial score (nSPS) is 20.2. The second-order valence-electron chi connectivity index (χ2n) is 6.74. The van der Waals surface area contributed by atoms with E-state index in [9.17, 15) is 5.11 Å². The molecule has 2 aromatic carbocycles. The molecule has 0 saturated carbocycles. The molecule has 1 aliphatic heterocycles. The number of rotatable bonds is 4. The number of benzene rings is 2. The third-order valence-corrected chi connectivity index (χ3v) is 5.61. The fourth-order valence-electron chi connectivity index (χ4n) is 3.08. The lowest BCUT2D eigenvalue weighted by Crippen LogP contribution is -2.41. The molecule has 0 aromatic heterocycles. The molecule has 2 N–H and O–H groups in total. The highest BCUT2D eigenvalue weighted by Crippen LogP contribution is 2.38. The van der Waals surface area contributed by atoms with Crippen LogP contribution in [0.4, 0.5) is 0 Å². The van der Waals surface area contributed by atoms with E-state index in [1.165, 1.54) is 0 Å². The van der Waals surface area contributed by atoms with Gasteiger partial charge in [0.15, 0.2) is 0 Å². The van der Waals surface area contributed by atoms with Gasteiger partial charge >= 0.3 is 0 Å². The summed E-state index contributed by atoms with van der Waals surface area (Å²) in [5, 5.41) is 14.1. The summed E-state index contributed by atoms with van der Waals surface area (Å²) in [6.07, 6.45) is 0.689. The Labute approximate surface area is 170 Å². The number of aliphatic imine (C=N–C) groups is 1. The number of phenolic OH excluding ortho intramolecular Hbond substituents is 1. The molecule has 2 atom stereocenters. The third-order valence-electron chi connectivity index (χ3n) is 4.55. The fourth-order valence-corrected chi connectivity index (χ4v) is 4.34. The highest BCUT2D eigenvalue weighted by Gasteiger charge is 2.29. The van der Waals surface area contributed by atoms with Gasteiger partial charge in [0, 0.05) is 28.2 Å². The van der Waals surface area contributed by atoms with Gasteiger partial charge in [-0.1, -0.05) is 29.8 Å². The van der Waals surface area contributed by atoms with Crippen LogP contribution in [0.15, 0.2) is 50.3 Å². The Balaban J connectivity index is 1.98. The van der Waals surface area contributed by atoms with Crippen molar-refractivity contribution in [3.05, 3.63) is 56.5 Å². The van der Waals surface area contributed by atoms with Crippen LogP contribution in [-0.4, -0.2) is 24.1 Å². The number of methoxy groups -OCH3 is 1. The van der Waals surface area contributed by atoms with Crippen molar-refractivity contribution >= 4 is 37.6 Å². The molecule has 3 rings (SSSR count). The molecule has 138 valence electrons. The molecule has 0 spiro atoms. The number of hydrogen-bond donors (Lipinski definition) is 2. The number of phenols is 1. The zero-order valence-corrected chi connectivity index (χ0v) is 18.1. The molecule has 26 heavy (non-hydrogen) atoms. The zero-order chi connectivity index (χ0) is 18.8. The Morgan fingerprint density at radius 2 is 1.88 bits per heavy atom. The first kappa shape index (κ1) is 19.4. The Morgan fingerprint density at radius 3 is 2.50 bits per heavy atom. The summed E-state index contributed by atoms with van der Waals surface area (Å²) in [6.45, 7) is 4.29. The smallest absolute Gasteiger partial charge is 0.134 e. The standard InChI is InChI=1S/C20H22Br2N2O2/c1-11(2)20-23-17(12-4-6-14(26-3)7-5-12)10-18(24-20)15-8-13(21)9-16(22)19(15)25/h4-9,11,18,20,24-25H,10H2,1-3H3/t18-,20+/m1/s1. The Hall–Kier alpha value is -1.37. The second-order valence-corrected chi connectivity index (χ2v) is 8.51. The predicted octanol–water partition coefficient (Wildman–Crippen LogP) is 5.43. The number of nitrogens with one attached hydrogen (secondary N) is 1. The van der Waals surface area contributed by atoms with Gasteiger partial charge in [0.1, 0.15) is 17.7 Å². The molecule has 0 radical (unpaired) electrons. The molecule has 0 saturated heterocycles. The fraction of sp³-hybridized carbons (Fsp3) is 0.350. The van der Waals surface area contributed by atoms with Crippen LogP contribution in [0.3, 0.4) is 0 Å². The maximum absolute atomic E-state index is 10.6. The highest BCUT2D eigenvalue weighted by molar-refractivity contribution is 9.11. The van der Waals surface area contributed by atoms with Crippen LogP contribution in [0, 0.1) is 5.92 Å². The van der Waals surface area contributed by atoms with Gasteiger partial charge in [0.05, 0.1) is 11.6 Å². The summed E-state index contributed by atoms with van der Waals surface area (Å²) in [5.41, 5.74) is 2.97. The minimum atomic E-state index is -0.0224. The van der Waals surface area contributed by atoms with Gasteiger partial charge < -0.3 is 9.84 Å². The van der Waals surface area contributed by atoms with E-state index in [2.05, 4.69) is 51.0 Å². The highest BCUT2D eigenvalue weighted by atomic mass is 79.9. The lowest BCUT2D eigenvalue weighted by atomic mass is 9.93. The van der Waals surface area contributed by atoms with Crippen molar-refractivity contribution in [3.8, 4) is 11.5 Å². The predicted molar refractivity (Wildman–Crippen MR) is 112 cm³/mol. The summed E-state index contributed by atoms with van der Waals surface area (Å²) in [4.78, 5) is 4.92. The average molecular weight is 482 g/mol. The van der Waals surface area contributed by atoms with Gasteiger partial charge in [0.2, 0.25) is 0 Å². The first-order valence-corrected chi connectivity index (χ1v) is 10.1. The average Bonchev–Trinajstić information content (AvgIpc) is 2.64.